The van der Waals surface area contributed by atoms with E-state index in [2.05, 4.69) is 6.92 Å². The minimum absolute atomic E-state index is 0.176. The zero-order valence-corrected chi connectivity index (χ0v) is 6.27. The van der Waals surface area contributed by atoms with Crippen molar-refractivity contribution in [1.82, 2.24) is 0 Å². The van der Waals surface area contributed by atoms with Crippen molar-refractivity contribution in [3.63, 3.8) is 0 Å². The van der Waals surface area contributed by atoms with Crippen LogP contribution in [0.4, 0.5) is 5.69 Å². The molecule has 0 saturated carbocycles. The number of nitro groups is 1. The van der Waals surface area contributed by atoms with Crippen molar-refractivity contribution in [1.29, 1.82) is 0 Å². The van der Waals surface area contributed by atoms with Gasteiger partial charge in [-0.15, -0.1) is 11.3 Å². The molecule has 1 aromatic heterocycles. The van der Waals surface area contributed by atoms with Crippen LogP contribution in [0.1, 0.15) is 9.75 Å². The van der Waals surface area contributed by atoms with Gasteiger partial charge in [-0.3, -0.25) is 10.1 Å². The fourth-order valence-corrected chi connectivity index (χ4v) is 1.52. The summed E-state index contributed by atoms with van der Waals surface area (Å²) in [5.41, 5.74) is 0.176. The molecular weight excluding hydrogens is 150 g/mol. The standard InChI is InChI=1S/C6H6NO2S/c1-4-3-6(7(8)9)5(2)10-4/h3H,1H2,2H3. The van der Waals surface area contributed by atoms with Gasteiger partial charge in [-0.05, 0) is 13.8 Å². The average molecular weight is 156 g/mol. The first-order valence-electron chi connectivity index (χ1n) is 2.68. The summed E-state index contributed by atoms with van der Waals surface area (Å²) in [6.45, 7) is 5.32. The van der Waals surface area contributed by atoms with Gasteiger partial charge in [-0.25, -0.2) is 0 Å². The summed E-state index contributed by atoms with van der Waals surface area (Å²) in [6.07, 6.45) is 0. The van der Waals surface area contributed by atoms with Gasteiger partial charge in [0.25, 0.3) is 5.69 Å². The van der Waals surface area contributed by atoms with Gasteiger partial charge in [0.1, 0.15) is 0 Å². The van der Waals surface area contributed by atoms with Crippen molar-refractivity contribution < 1.29 is 4.92 Å². The van der Waals surface area contributed by atoms with Crippen LogP contribution in [0.25, 0.3) is 0 Å². The monoisotopic (exact) mass is 156 g/mol. The molecule has 0 aromatic carbocycles. The van der Waals surface area contributed by atoms with Crippen LogP contribution in [0.2, 0.25) is 0 Å². The fourth-order valence-electron chi connectivity index (χ4n) is 0.714. The molecule has 0 saturated heterocycles. The summed E-state index contributed by atoms with van der Waals surface area (Å²) in [7, 11) is 0. The third-order valence-electron chi connectivity index (χ3n) is 1.14. The first-order valence-corrected chi connectivity index (χ1v) is 3.49. The molecule has 53 valence electrons. The summed E-state index contributed by atoms with van der Waals surface area (Å²) >= 11 is 1.34. The molecule has 3 nitrogen and oxygen atoms in total. The van der Waals surface area contributed by atoms with E-state index in [1.165, 1.54) is 17.4 Å². The Morgan fingerprint density at radius 3 is 2.60 bits per heavy atom. The van der Waals surface area contributed by atoms with Gasteiger partial charge in [0.15, 0.2) is 0 Å². The maximum atomic E-state index is 10.2. The zero-order valence-electron chi connectivity index (χ0n) is 5.46. The number of nitrogens with zero attached hydrogens (tertiary/aromatic N) is 1. The number of aryl methyl sites for hydroxylation is 1. The lowest BCUT2D eigenvalue weighted by molar-refractivity contribution is -0.385. The van der Waals surface area contributed by atoms with E-state index in [1.54, 1.807) is 6.92 Å². The highest BCUT2D eigenvalue weighted by Crippen LogP contribution is 2.26. The van der Waals surface area contributed by atoms with Gasteiger partial charge in [-0.2, -0.15) is 0 Å². The molecule has 0 bridgehead atoms. The molecule has 0 atom stereocenters. The van der Waals surface area contributed by atoms with Crippen molar-refractivity contribution in [3.8, 4) is 0 Å². The van der Waals surface area contributed by atoms with E-state index in [1.807, 2.05) is 0 Å². The highest BCUT2D eigenvalue weighted by Gasteiger charge is 2.12. The number of hydrogen-bond donors (Lipinski definition) is 0. The van der Waals surface area contributed by atoms with Crippen molar-refractivity contribution >= 4 is 17.0 Å². The molecule has 0 aliphatic carbocycles. The highest BCUT2D eigenvalue weighted by atomic mass is 32.1. The van der Waals surface area contributed by atoms with E-state index in [9.17, 15) is 10.1 Å². The minimum Gasteiger partial charge on any atom is -0.258 e. The Kier molecular flexibility index (Phi) is 1.72. The average Bonchev–Trinajstić information content (AvgIpc) is 2.10. The van der Waals surface area contributed by atoms with Crippen LogP contribution in [0, 0.1) is 24.0 Å². The first-order chi connectivity index (χ1) is 4.61. The summed E-state index contributed by atoms with van der Waals surface area (Å²) < 4.78 is 0. The Hall–Kier alpha value is -0.900. The summed E-state index contributed by atoms with van der Waals surface area (Å²) in [5, 5.41) is 10.2. The van der Waals surface area contributed by atoms with Crippen LogP contribution in [0.15, 0.2) is 6.07 Å². The third kappa shape index (κ3) is 1.16. The Balaban J connectivity index is 3.15. The number of thiophene rings is 1. The summed E-state index contributed by atoms with van der Waals surface area (Å²) in [6, 6.07) is 1.49. The molecule has 1 heterocycles. The van der Waals surface area contributed by atoms with E-state index in [-0.39, 0.29) is 10.6 Å². The van der Waals surface area contributed by atoms with E-state index >= 15 is 0 Å². The molecule has 0 fully saturated rings. The predicted octanol–water partition coefficient (Wildman–Crippen LogP) is 2.15. The van der Waals surface area contributed by atoms with Crippen LogP contribution in [-0.2, 0) is 0 Å². The fraction of sp³-hybridized carbons (Fsp3) is 0.167. The largest absolute Gasteiger partial charge is 0.283 e. The molecule has 0 unspecified atom stereocenters. The predicted molar refractivity (Wildman–Crippen MR) is 40.2 cm³/mol. The molecule has 0 aliphatic rings. The van der Waals surface area contributed by atoms with Crippen molar-refractivity contribution in [3.05, 3.63) is 32.9 Å². The molecular formula is C6H6NO2S. The molecule has 0 aliphatic heterocycles. The quantitative estimate of drug-likeness (QED) is 0.462. The molecule has 1 radical (unpaired) electrons. The Morgan fingerprint density at radius 1 is 1.80 bits per heavy atom. The first kappa shape index (κ1) is 7.21. The van der Waals surface area contributed by atoms with E-state index in [0.29, 0.717) is 0 Å². The number of hydrogen-bond acceptors (Lipinski definition) is 3. The highest BCUT2D eigenvalue weighted by molar-refractivity contribution is 7.12. The van der Waals surface area contributed by atoms with Gasteiger partial charge in [-0.1, -0.05) is 0 Å². The molecule has 4 heteroatoms. The zero-order chi connectivity index (χ0) is 7.72. The van der Waals surface area contributed by atoms with Crippen molar-refractivity contribution in [2.24, 2.45) is 0 Å². The van der Waals surface area contributed by atoms with Gasteiger partial charge >= 0.3 is 0 Å². The minimum atomic E-state index is -0.388. The Labute approximate surface area is 62.5 Å². The SMILES string of the molecule is [CH2]c1cc([N+](=O)[O-])c(C)s1. The number of rotatable bonds is 1. The van der Waals surface area contributed by atoms with Gasteiger partial charge in [0.05, 0.1) is 9.80 Å². The van der Waals surface area contributed by atoms with E-state index in [0.717, 1.165) is 9.75 Å². The lowest BCUT2D eigenvalue weighted by Crippen LogP contribution is -1.85. The Bertz CT molecular complexity index is 267. The van der Waals surface area contributed by atoms with Crippen LogP contribution >= 0.6 is 11.3 Å². The summed E-state index contributed by atoms with van der Waals surface area (Å²) in [4.78, 5) is 11.3. The van der Waals surface area contributed by atoms with Gasteiger partial charge < -0.3 is 0 Å². The lowest BCUT2D eigenvalue weighted by Gasteiger charge is -1.83. The van der Waals surface area contributed by atoms with Crippen molar-refractivity contribution in [2.75, 3.05) is 0 Å². The maximum Gasteiger partial charge on any atom is 0.283 e. The molecule has 0 amide bonds. The third-order valence-corrected chi connectivity index (χ3v) is 2.03. The van der Waals surface area contributed by atoms with Crippen LogP contribution < -0.4 is 0 Å². The lowest BCUT2D eigenvalue weighted by atomic mass is 10.4. The Morgan fingerprint density at radius 2 is 2.40 bits per heavy atom. The van der Waals surface area contributed by atoms with Crippen LogP contribution in [0.5, 0.6) is 0 Å². The molecule has 1 aromatic rings. The van der Waals surface area contributed by atoms with E-state index in [4.69, 9.17) is 0 Å². The topological polar surface area (TPSA) is 43.1 Å². The van der Waals surface area contributed by atoms with Gasteiger partial charge in [0, 0.05) is 10.9 Å². The van der Waals surface area contributed by atoms with Crippen LogP contribution in [0.3, 0.4) is 0 Å². The second-order valence-corrected chi connectivity index (χ2v) is 3.25. The summed E-state index contributed by atoms with van der Waals surface area (Å²) in [5.74, 6) is 0. The van der Waals surface area contributed by atoms with Crippen molar-refractivity contribution in [2.45, 2.75) is 6.92 Å². The van der Waals surface area contributed by atoms with Gasteiger partial charge in [0.2, 0.25) is 0 Å². The molecule has 1 rings (SSSR count). The van der Waals surface area contributed by atoms with Crippen LogP contribution in [-0.4, -0.2) is 4.92 Å². The smallest absolute Gasteiger partial charge is 0.258 e. The molecule has 10 heavy (non-hydrogen) atoms. The second-order valence-electron chi connectivity index (χ2n) is 1.91. The molecule has 0 spiro atoms. The molecule has 0 N–H and O–H groups in total. The normalized spacial score (nSPS) is 9.80. The van der Waals surface area contributed by atoms with E-state index < -0.39 is 0 Å². The second kappa shape index (κ2) is 2.38. The maximum absolute atomic E-state index is 10.2.